The minimum absolute atomic E-state index is 0.0525. The van der Waals surface area contributed by atoms with E-state index in [9.17, 15) is 4.79 Å². The third kappa shape index (κ3) is 5.06. The van der Waals surface area contributed by atoms with Gasteiger partial charge in [-0.1, -0.05) is 6.92 Å². The Kier molecular flexibility index (Phi) is 6.58. The summed E-state index contributed by atoms with van der Waals surface area (Å²) < 4.78 is 22.9. The molecule has 0 aliphatic rings. The minimum atomic E-state index is -1.04. The highest BCUT2D eigenvalue weighted by Gasteiger charge is 2.20. The average Bonchev–Trinajstić information content (AvgIpc) is 3.22. The minimum Gasteiger partial charge on any atom is -0.481 e. The van der Waals surface area contributed by atoms with Crippen LogP contribution in [0.25, 0.3) is 22.7 Å². The van der Waals surface area contributed by atoms with Crippen LogP contribution >= 0.6 is 0 Å². The van der Waals surface area contributed by atoms with E-state index in [4.69, 9.17) is 23.7 Å². The molecule has 4 rings (SSSR count). The Bertz CT molecular complexity index is 1310. The van der Waals surface area contributed by atoms with E-state index in [1.165, 1.54) is 0 Å². The maximum atomic E-state index is 10.9. The van der Waals surface area contributed by atoms with Crippen molar-refractivity contribution in [3.8, 4) is 34.8 Å². The van der Waals surface area contributed by atoms with Gasteiger partial charge in [0.15, 0.2) is 12.1 Å². The van der Waals surface area contributed by atoms with Crippen LogP contribution in [0.2, 0.25) is 0 Å². The van der Waals surface area contributed by atoms with E-state index in [-0.39, 0.29) is 17.6 Å². The van der Waals surface area contributed by atoms with Crippen LogP contribution in [0.1, 0.15) is 30.2 Å². The quantitative estimate of drug-likeness (QED) is 0.373. The molecule has 0 radical (unpaired) electrons. The summed E-state index contributed by atoms with van der Waals surface area (Å²) in [6.45, 7) is 7.54. The first-order valence-electron chi connectivity index (χ1n) is 10.7. The van der Waals surface area contributed by atoms with E-state index in [0.29, 0.717) is 35.1 Å². The van der Waals surface area contributed by atoms with Crippen LogP contribution in [-0.4, -0.2) is 44.2 Å². The van der Waals surface area contributed by atoms with Crippen molar-refractivity contribution in [1.29, 1.82) is 0 Å². The lowest BCUT2D eigenvalue weighted by molar-refractivity contribution is -0.139. The number of nitrogens with zero attached hydrogens (tertiary/aromatic N) is 4. The molecule has 0 aliphatic carbocycles. The first-order valence-corrected chi connectivity index (χ1v) is 10.7. The number of pyridine rings is 1. The van der Waals surface area contributed by atoms with E-state index < -0.39 is 12.6 Å². The summed E-state index contributed by atoms with van der Waals surface area (Å²) in [7, 11) is 0. The van der Waals surface area contributed by atoms with Gasteiger partial charge in [0.2, 0.25) is 5.89 Å². The van der Waals surface area contributed by atoms with Crippen LogP contribution in [0, 0.1) is 20.8 Å². The molecule has 176 valence electrons. The predicted octanol–water partition coefficient (Wildman–Crippen LogP) is 4.65. The van der Waals surface area contributed by atoms with E-state index in [1.54, 1.807) is 12.3 Å². The number of hydrogen-bond acceptors (Lipinski definition) is 9. The van der Waals surface area contributed by atoms with E-state index in [2.05, 4.69) is 19.9 Å². The van der Waals surface area contributed by atoms with Crippen LogP contribution in [-0.2, 0) is 4.79 Å². The van der Waals surface area contributed by atoms with Crippen molar-refractivity contribution >= 4 is 17.2 Å². The van der Waals surface area contributed by atoms with Gasteiger partial charge in [-0.2, -0.15) is 9.97 Å². The number of fused-ring (bicyclic) bond motifs is 1. The van der Waals surface area contributed by atoms with Crippen molar-refractivity contribution < 1.29 is 28.5 Å². The number of aromatic nitrogens is 4. The van der Waals surface area contributed by atoms with Crippen LogP contribution in [0.3, 0.4) is 0 Å². The van der Waals surface area contributed by atoms with Crippen LogP contribution in [0.4, 0.5) is 0 Å². The van der Waals surface area contributed by atoms with Gasteiger partial charge >= 0.3 is 12.0 Å². The maximum Gasteiger partial charge on any atom is 0.341 e. The average molecular weight is 464 g/mol. The van der Waals surface area contributed by atoms with Crippen molar-refractivity contribution in [3.05, 3.63) is 47.3 Å². The Balaban J connectivity index is 1.72. The first kappa shape index (κ1) is 23.0. The summed E-state index contributed by atoms with van der Waals surface area (Å²) in [6.07, 6.45) is 2.37. The molecule has 10 heteroatoms. The zero-order chi connectivity index (χ0) is 24.2. The number of carboxylic acid groups (broad SMARTS) is 1. The largest absolute Gasteiger partial charge is 0.481 e. The van der Waals surface area contributed by atoms with Crippen molar-refractivity contribution in [2.24, 2.45) is 0 Å². The second-order valence-corrected chi connectivity index (χ2v) is 7.69. The van der Waals surface area contributed by atoms with E-state index in [1.807, 2.05) is 45.9 Å². The Morgan fingerprint density at radius 1 is 1.06 bits per heavy atom. The smallest absolute Gasteiger partial charge is 0.341 e. The van der Waals surface area contributed by atoms with Gasteiger partial charge in [0.05, 0.1) is 12.8 Å². The Hall–Kier alpha value is -4.21. The summed E-state index contributed by atoms with van der Waals surface area (Å²) in [5.41, 5.74) is 3.64. The van der Waals surface area contributed by atoms with Gasteiger partial charge in [-0.3, -0.25) is 4.98 Å². The number of ether oxygens (including phenoxy) is 3. The van der Waals surface area contributed by atoms with Gasteiger partial charge < -0.3 is 23.7 Å². The number of rotatable bonds is 9. The fourth-order valence-electron chi connectivity index (χ4n) is 3.30. The fourth-order valence-corrected chi connectivity index (χ4v) is 3.30. The molecule has 3 heterocycles. The molecule has 1 aromatic carbocycles. The monoisotopic (exact) mass is 464 g/mol. The lowest BCUT2D eigenvalue weighted by Gasteiger charge is -2.11. The third-order valence-electron chi connectivity index (χ3n) is 4.79. The highest BCUT2D eigenvalue weighted by Crippen LogP contribution is 2.34. The van der Waals surface area contributed by atoms with Crippen LogP contribution in [0.5, 0.6) is 23.4 Å². The number of aryl methyl sites for hydroxylation is 3. The highest BCUT2D eigenvalue weighted by atomic mass is 16.5. The summed E-state index contributed by atoms with van der Waals surface area (Å²) in [5.74, 6) is 0.521. The topological polar surface area (TPSA) is 130 Å². The molecule has 1 N–H and O–H groups in total. The van der Waals surface area contributed by atoms with Gasteiger partial charge in [0, 0.05) is 11.3 Å². The van der Waals surface area contributed by atoms with Crippen LogP contribution in [0.15, 0.2) is 34.9 Å². The zero-order valence-electron chi connectivity index (χ0n) is 19.3. The first-order chi connectivity index (χ1) is 16.3. The van der Waals surface area contributed by atoms with Gasteiger partial charge in [0.25, 0.3) is 11.6 Å². The van der Waals surface area contributed by atoms with Gasteiger partial charge in [-0.05, 0) is 62.6 Å². The van der Waals surface area contributed by atoms with Crippen molar-refractivity contribution in [2.75, 3.05) is 13.2 Å². The SMILES string of the molecule is CCCOc1nc(Oc2ccc(C)nc2)nc2oc(-c3cc(C)c(OCC(=O)O)c(C)c3)nc12. The van der Waals surface area contributed by atoms with E-state index >= 15 is 0 Å². The molecular formula is C24H24N4O6. The van der Waals surface area contributed by atoms with Crippen molar-refractivity contribution in [1.82, 2.24) is 19.9 Å². The second-order valence-electron chi connectivity index (χ2n) is 7.69. The molecule has 0 bridgehead atoms. The summed E-state index contributed by atoms with van der Waals surface area (Å²) in [5, 5.41) is 8.90. The fraction of sp³-hybridized carbons (Fsp3) is 0.292. The standard InChI is InChI=1S/C24H24N4O6/c1-5-8-31-22-19-23(28-24(27-22)33-17-7-6-15(4)25-11-17)34-21(26-19)16-9-13(2)20(14(3)10-16)32-12-18(29)30/h6-7,9-11H,5,8,12H2,1-4H3,(H,29,30). The molecule has 34 heavy (non-hydrogen) atoms. The lowest BCUT2D eigenvalue weighted by Crippen LogP contribution is -2.10. The lowest BCUT2D eigenvalue weighted by atomic mass is 10.1. The molecular weight excluding hydrogens is 440 g/mol. The molecule has 0 fully saturated rings. The Labute approximate surface area is 195 Å². The molecule has 0 atom stereocenters. The second kappa shape index (κ2) is 9.74. The summed E-state index contributed by atoms with van der Waals surface area (Å²) in [4.78, 5) is 28.4. The zero-order valence-corrected chi connectivity index (χ0v) is 19.3. The van der Waals surface area contributed by atoms with Gasteiger partial charge in [0.1, 0.15) is 11.5 Å². The molecule has 0 amide bonds. The Morgan fingerprint density at radius 2 is 1.82 bits per heavy atom. The molecule has 0 saturated heterocycles. The summed E-state index contributed by atoms with van der Waals surface area (Å²) in [6, 6.07) is 7.27. The number of aliphatic carboxylic acids is 1. The number of oxazole rings is 1. The number of hydrogen-bond donors (Lipinski definition) is 1. The third-order valence-corrected chi connectivity index (χ3v) is 4.79. The summed E-state index contributed by atoms with van der Waals surface area (Å²) >= 11 is 0. The molecule has 10 nitrogen and oxygen atoms in total. The molecule has 0 spiro atoms. The van der Waals surface area contributed by atoms with Crippen molar-refractivity contribution in [2.45, 2.75) is 34.1 Å². The number of benzene rings is 1. The predicted molar refractivity (Wildman–Crippen MR) is 122 cm³/mol. The van der Waals surface area contributed by atoms with Gasteiger partial charge in [-0.25, -0.2) is 9.78 Å². The number of carboxylic acids is 1. The molecule has 0 unspecified atom stereocenters. The number of carbonyl (C=O) groups is 1. The Morgan fingerprint density at radius 3 is 2.47 bits per heavy atom. The molecule has 3 aromatic heterocycles. The molecule has 4 aromatic rings. The highest BCUT2D eigenvalue weighted by molar-refractivity contribution is 5.78. The normalized spacial score (nSPS) is 10.9. The van der Waals surface area contributed by atoms with E-state index in [0.717, 1.165) is 23.2 Å². The van der Waals surface area contributed by atoms with Crippen LogP contribution < -0.4 is 14.2 Å². The molecule has 0 aliphatic heterocycles. The van der Waals surface area contributed by atoms with Gasteiger partial charge in [-0.15, -0.1) is 0 Å². The maximum absolute atomic E-state index is 10.9. The van der Waals surface area contributed by atoms with Crippen molar-refractivity contribution in [3.63, 3.8) is 0 Å². The molecule has 0 saturated carbocycles.